The molecule has 0 aromatic heterocycles. The first-order valence-electron chi connectivity index (χ1n) is 12.0. The average molecular weight is 489 g/mol. The predicted octanol–water partition coefficient (Wildman–Crippen LogP) is 6.49. The summed E-state index contributed by atoms with van der Waals surface area (Å²) >= 11 is 12.3. The number of carbonyl (C=O) groups excluding carboxylic acids is 2. The summed E-state index contributed by atoms with van der Waals surface area (Å²) in [5.41, 5.74) is 3.16. The van der Waals surface area contributed by atoms with Crippen LogP contribution in [0.3, 0.4) is 0 Å². The third-order valence-electron chi connectivity index (χ3n) is 6.42. The van der Waals surface area contributed by atoms with Crippen molar-refractivity contribution >= 4 is 35.0 Å². The van der Waals surface area contributed by atoms with Gasteiger partial charge in [-0.2, -0.15) is 0 Å². The molecular weight excluding hydrogens is 455 g/mol. The number of halogens is 2. The van der Waals surface area contributed by atoms with Gasteiger partial charge in [0.25, 0.3) is 0 Å². The Morgan fingerprint density at radius 2 is 1.67 bits per heavy atom. The fourth-order valence-corrected chi connectivity index (χ4v) is 4.77. The van der Waals surface area contributed by atoms with Gasteiger partial charge in [-0.3, -0.25) is 9.59 Å². The molecule has 1 saturated carbocycles. The van der Waals surface area contributed by atoms with Crippen molar-refractivity contribution in [2.45, 2.75) is 83.8 Å². The van der Waals surface area contributed by atoms with Crippen LogP contribution < -0.4 is 5.32 Å². The molecule has 2 amide bonds. The smallest absolute Gasteiger partial charge is 0.243 e. The highest BCUT2D eigenvalue weighted by Crippen LogP contribution is 2.25. The number of aryl methyl sites for hydroxylation is 2. The lowest BCUT2D eigenvalue weighted by molar-refractivity contribution is -0.141. The van der Waals surface area contributed by atoms with Gasteiger partial charge in [0.05, 0.1) is 10.0 Å². The Morgan fingerprint density at radius 3 is 2.30 bits per heavy atom. The number of benzene rings is 2. The topological polar surface area (TPSA) is 49.4 Å². The van der Waals surface area contributed by atoms with Gasteiger partial charge in [0, 0.05) is 19.0 Å². The summed E-state index contributed by atoms with van der Waals surface area (Å²) in [7, 11) is 0. The molecule has 2 aromatic carbocycles. The summed E-state index contributed by atoms with van der Waals surface area (Å²) in [6.45, 7) is 4.32. The van der Waals surface area contributed by atoms with Gasteiger partial charge in [-0.1, -0.05) is 85.3 Å². The summed E-state index contributed by atoms with van der Waals surface area (Å²) in [4.78, 5) is 28.4. The number of nitrogens with one attached hydrogen (secondary N) is 1. The Balaban J connectivity index is 1.77. The number of amides is 2. The van der Waals surface area contributed by atoms with Crippen LogP contribution in [0, 0.1) is 6.92 Å². The maximum atomic E-state index is 13.4. The van der Waals surface area contributed by atoms with Crippen LogP contribution in [0.4, 0.5) is 0 Å². The molecule has 1 atom stereocenters. The molecule has 0 radical (unpaired) electrons. The third kappa shape index (κ3) is 7.48. The van der Waals surface area contributed by atoms with Crippen LogP contribution in [0.1, 0.15) is 68.6 Å². The summed E-state index contributed by atoms with van der Waals surface area (Å²) in [5.74, 6) is -0.0968. The lowest BCUT2D eigenvalue weighted by Crippen LogP contribution is -2.51. The molecule has 1 N–H and O–H groups in total. The van der Waals surface area contributed by atoms with Gasteiger partial charge in [0.15, 0.2) is 0 Å². The van der Waals surface area contributed by atoms with E-state index in [4.69, 9.17) is 23.2 Å². The molecule has 0 aliphatic heterocycles. The van der Waals surface area contributed by atoms with E-state index in [2.05, 4.69) is 29.6 Å². The maximum Gasteiger partial charge on any atom is 0.243 e. The van der Waals surface area contributed by atoms with E-state index in [0.29, 0.717) is 35.9 Å². The lowest BCUT2D eigenvalue weighted by Gasteiger charge is -2.33. The van der Waals surface area contributed by atoms with Crippen LogP contribution >= 0.6 is 23.2 Å². The third-order valence-corrected chi connectivity index (χ3v) is 7.16. The molecule has 178 valence electrons. The Morgan fingerprint density at radius 1 is 1.00 bits per heavy atom. The van der Waals surface area contributed by atoms with E-state index in [1.54, 1.807) is 17.0 Å². The molecule has 4 nitrogen and oxygen atoms in total. The van der Waals surface area contributed by atoms with Crippen molar-refractivity contribution in [3.8, 4) is 0 Å². The highest BCUT2D eigenvalue weighted by Gasteiger charge is 2.30. The highest BCUT2D eigenvalue weighted by molar-refractivity contribution is 6.42. The van der Waals surface area contributed by atoms with E-state index in [9.17, 15) is 9.59 Å². The van der Waals surface area contributed by atoms with E-state index >= 15 is 0 Å². The Hall–Kier alpha value is -2.04. The van der Waals surface area contributed by atoms with Gasteiger partial charge in [0.1, 0.15) is 6.04 Å². The van der Waals surface area contributed by atoms with E-state index in [-0.39, 0.29) is 17.9 Å². The minimum absolute atomic E-state index is 0.0349. The quantitative estimate of drug-likeness (QED) is 0.438. The summed E-state index contributed by atoms with van der Waals surface area (Å²) in [5, 5.41) is 4.13. The monoisotopic (exact) mass is 488 g/mol. The lowest BCUT2D eigenvalue weighted by atomic mass is 9.95. The van der Waals surface area contributed by atoms with Crippen LogP contribution in [-0.4, -0.2) is 28.8 Å². The molecule has 2 aromatic rings. The van der Waals surface area contributed by atoms with Crippen molar-refractivity contribution in [3.63, 3.8) is 0 Å². The van der Waals surface area contributed by atoms with Crippen LogP contribution in [0.5, 0.6) is 0 Å². The van der Waals surface area contributed by atoms with Crippen LogP contribution in [0.15, 0.2) is 42.5 Å². The summed E-state index contributed by atoms with van der Waals surface area (Å²) in [6, 6.07) is 13.3. The van der Waals surface area contributed by atoms with Crippen molar-refractivity contribution in [2.75, 3.05) is 0 Å². The Bertz CT molecular complexity index is 940. The normalized spacial score (nSPS) is 15.2. The van der Waals surface area contributed by atoms with Crippen molar-refractivity contribution in [1.82, 2.24) is 10.2 Å². The number of hydrogen-bond acceptors (Lipinski definition) is 2. The molecule has 3 rings (SSSR count). The Labute approximate surface area is 207 Å². The number of hydrogen-bond donors (Lipinski definition) is 1. The zero-order valence-corrected chi connectivity index (χ0v) is 21.1. The van der Waals surface area contributed by atoms with E-state index < -0.39 is 6.04 Å². The SMILES string of the molecule is CCC(C(=O)NC1CCCCC1)N(Cc1ccc(Cl)c(Cl)c1)C(=O)CCc1ccc(C)cc1. The molecule has 1 unspecified atom stereocenters. The molecule has 0 bridgehead atoms. The van der Waals surface area contributed by atoms with Gasteiger partial charge in [0.2, 0.25) is 11.8 Å². The second-order valence-electron chi connectivity index (χ2n) is 9.02. The van der Waals surface area contributed by atoms with Crippen LogP contribution in [0.2, 0.25) is 10.0 Å². The molecule has 1 aliphatic carbocycles. The molecule has 0 saturated heterocycles. The number of carbonyl (C=O) groups is 2. The van der Waals surface area contributed by atoms with Crippen LogP contribution in [-0.2, 0) is 22.6 Å². The van der Waals surface area contributed by atoms with Gasteiger partial charge < -0.3 is 10.2 Å². The van der Waals surface area contributed by atoms with Gasteiger partial charge in [-0.15, -0.1) is 0 Å². The van der Waals surface area contributed by atoms with Gasteiger partial charge in [-0.05, 0) is 55.9 Å². The molecule has 0 spiro atoms. The highest BCUT2D eigenvalue weighted by atomic mass is 35.5. The number of rotatable bonds is 9. The average Bonchev–Trinajstić information content (AvgIpc) is 2.81. The second-order valence-corrected chi connectivity index (χ2v) is 9.84. The molecule has 0 heterocycles. The van der Waals surface area contributed by atoms with E-state index in [1.807, 2.05) is 19.9 Å². The molecule has 1 aliphatic rings. The van der Waals surface area contributed by atoms with E-state index in [0.717, 1.165) is 36.8 Å². The predicted molar refractivity (Wildman–Crippen MR) is 136 cm³/mol. The fraction of sp³-hybridized carbons (Fsp3) is 0.481. The van der Waals surface area contributed by atoms with Crippen molar-refractivity contribution in [3.05, 3.63) is 69.2 Å². The first kappa shape index (κ1) is 25.6. The Kier molecular flexibility index (Phi) is 9.64. The minimum Gasteiger partial charge on any atom is -0.352 e. The summed E-state index contributed by atoms with van der Waals surface area (Å²) < 4.78 is 0. The molecule has 6 heteroatoms. The van der Waals surface area contributed by atoms with Crippen molar-refractivity contribution in [1.29, 1.82) is 0 Å². The standard InChI is InChI=1S/C27H34Cl2N2O2/c1-3-25(27(33)30-22-7-5-4-6-8-22)31(18-21-13-15-23(28)24(29)17-21)26(32)16-14-20-11-9-19(2)10-12-20/h9-13,15,17,22,25H,3-8,14,16,18H2,1-2H3,(H,30,33). The maximum absolute atomic E-state index is 13.4. The van der Waals surface area contributed by atoms with Crippen molar-refractivity contribution in [2.24, 2.45) is 0 Å². The minimum atomic E-state index is -0.521. The zero-order chi connectivity index (χ0) is 23.8. The van der Waals surface area contributed by atoms with Crippen LogP contribution in [0.25, 0.3) is 0 Å². The second kappa shape index (κ2) is 12.4. The van der Waals surface area contributed by atoms with E-state index in [1.165, 1.54) is 12.0 Å². The van der Waals surface area contributed by atoms with Crippen molar-refractivity contribution < 1.29 is 9.59 Å². The zero-order valence-electron chi connectivity index (χ0n) is 19.6. The molecule has 1 fully saturated rings. The first-order chi connectivity index (χ1) is 15.9. The number of nitrogens with zero attached hydrogens (tertiary/aromatic N) is 1. The molecule has 33 heavy (non-hydrogen) atoms. The van der Waals surface area contributed by atoms with Gasteiger partial charge >= 0.3 is 0 Å². The summed E-state index contributed by atoms with van der Waals surface area (Å²) in [6.07, 6.45) is 7.07. The van der Waals surface area contributed by atoms with Gasteiger partial charge in [-0.25, -0.2) is 0 Å². The first-order valence-corrected chi connectivity index (χ1v) is 12.7. The largest absolute Gasteiger partial charge is 0.352 e. The molecular formula is C27H34Cl2N2O2. The fourth-order valence-electron chi connectivity index (χ4n) is 4.45.